The molecule has 0 aliphatic rings. The number of pyridine rings is 4. The van der Waals surface area contributed by atoms with Crippen molar-refractivity contribution in [2.45, 2.75) is 0 Å². The first-order chi connectivity index (χ1) is 25.8. The first kappa shape index (κ1) is 28.8. The minimum atomic E-state index is 0.916. The van der Waals surface area contributed by atoms with Gasteiger partial charge < -0.3 is 0 Å². The lowest BCUT2D eigenvalue weighted by molar-refractivity contribution is 1.37. The van der Waals surface area contributed by atoms with E-state index in [1.54, 1.807) is 0 Å². The van der Waals surface area contributed by atoms with Crippen LogP contribution < -0.4 is 0 Å². The van der Waals surface area contributed by atoms with Crippen LogP contribution in [0.15, 0.2) is 170 Å². The average Bonchev–Trinajstić information content (AvgIpc) is 3.22. The molecule has 4 heteroatoms. The molecule has 0 aliphatic heterocycles. The lowest BCUT2D eigenvalue weighted by atomic mass is 9.89. The summed E-state index contributed by atoms with van der Waals surface area (Å²) in [6, 6.07) is 55.9. The van der Waals surface area contributed by atoms with E-state index in [-0.39, 0.29) is 0 Å². The van der Waals surface area contributed by atoms with Crippen molar-refractivity contribution in [1.29, 1.82) is 0 Å². The minimum Gasteiger partial charge on any atom is -0.254 e. The zero-order valence-corrected chi connectivity index (χ0v) is 28.0. The van der Waals surface area contributed by atoms with Crippen molar-refractivity contribution in [3.63, 3.8) is 0 Å². The maximum absolute atomic E-state index is 5.37. The van der Waals surface area contributed by atoms with Gasteiger partial charge in [0.15, 0.2) is 0 Å². The van der Waals surface area contributed by atoms with Gasteiger partial charge in [0.25, 0.3) is 0 Å². The number of para-hydroxylation sites is 1. The van der Waals surface area contributed by atoms with Crippen molar-refractivity contribution in [1.82, 2.24) is 19.9 Å². The maximum atomic E-state index is 5.37. The lowest BCUT2D eigenvalue weighted by Gasteiger charge is -2.16. The summed E-state index contributed by atoms with van der Waals surface area (Å²) < 4.78 is 0. The molecule has 0 saturated carbocycles. The molecule has 0 bridgehead atoms. The third-order valence-corrected chi connectivity index (χ3v) is 10.5. The van der Waals surface area contributed by atoms with Crippen molar-refractivity contribution in [3.05, 3.63) is 170 Å². The van der Waals surface area contributed by atoms with E-state index in [1.807, 2.05) is 24.5 Å². The van der Waals surface area contributed by atoms with Gasteiger partial charge in [0.05, 0.1) is 33.5 Å². The van der Waals surface area contributed by atoms with Gasteiger partial charge in [-0.3, -0.25) is 9.97 Å². The molecule has 52 heavy (non-hydrogen) atoms. The van der Waals surface area contributed by atoms with Crippen molar-refractivity contribution in [2.75, 3.05) is 0 Å². The molecule has 11 rings (SSSR count). The molecule has 0 fully saturated rings. The van der Waals surface area contributed by atoms with Crippen LogP contribution in [0.3, 0.4) is 0 Å². The zero-order chi connectivity index (χ0) is 34.2. The molecule has 4 nitrogen and oxygen atoms in total. The van der Waals surface area contributed by atoms with Gasteiger partial charge in [-0.2, -0.15) is 0 Å². The van der Waals surface area contributed by atoms with Crippen LogP contribution in [0.5, 0.6) is 0 Å². The Kier molecular flexibility index (Phi) is 6.22. The first-order valence-corrected chi connectivity index (χ1v) is 17.5. The Bertz CT molecular complexity index is 3260. The van der Waals surface area contributed by atoms with E-state index < -0.39 is 0 Å². The fourth-order valence-corrected chi connectivity index (χ4v) is 8.13. The number of nitrogens with zero attached hydrogens (tertiary/aromatic N) is 4. The Balaban J connectivity index is 1.07. The molecule has 0 unspecified atom stereocenters. The van der Waals surface area contributed by atoms with Gasteiger partial charge in [-0.15, -0.1) is 0 Å². The summed E-state index contributed by atoms with van der Waals surface area (Å²) in [5.41, 5.74) is 10.1. The Hall–Kier alpha value is -7.04. The van der Waals surface area contributed by atoms with Crippen LogP contribution >= 0.6 is 0 Å². The summed E-state index contributed by atoms with van der Waals surface area (Å²) >= 11 is 0. The van der Waals surface area contributed by atoms with E-state index in [2.05, 4.69) is 151 Å². The molecule has 0 aliphatic carbocycles. The van der Waals surface area contributed by atoms with Crippen molar-refractivity contribution < 1.29 is 0 Å². The van der Waals surface area contributed by atoms with Gasteiger partial charge in [-0.25, -0.2) is 9.97 Å². The first-order valence-electron chi connectivity index (χ1n) is 17.5. The van der Waals surface area contributed by atoms with E-state index in [1.165, 1.54) is 37.7 Å². The second-order valence-corrected chi connectivity index (χ2v) is 13.4. The molecule has 4 heterocycles. The molecule has 4 aromatic heterocycles. The number of hydrogen-bond acceptors (Lipinski definition) is 4. The van der Waals surface area contributed by atoms with Crippen molar-refractivity contribution in [2.24, 2.45) is 0 Å². The molecule has 0 atom stereocenters. The predicted octanol–water partition coefficient (Wildman–Crippen LogP) is 12.3. The van der Waals surface area contributed by atoms with E-state index in [0.717, 1.165) is 71.9 Å². The van der Waals surface area contributed by atoms with Gasteiger partial charge in [-0.1, -0.05) is 109 Å². The molecule has 11 aromatic rings. The van der Waals surface area contributed by atoms with Gasteiger partial charge in [0.1, 0.15) is 0 Å². The second kappa shape index (κ2) is 11.2. The Morgan fingerprint density at radius 2 is 1.04 bits per heavy atom. The highest BCUT2D eigenvalue weighted by Gasteiger charge is 2.18. The Morgan fingerprint density at radius 3 is 1.88 bits per heavy atom. The van der Waals surface area contributed by atoms with Crippen LogP contribution in [0.2, 0.25) is 0 Å². The van der Waals surface area contributed by atoms with Crippen molar-refractivity contribution >= 4 is 75.9 Å². The molecular weight excluding hydrogens is 633 g/mol. The zero-order valence-electron chi connectivity index (χ0n) is 28.0. The standard InChI is InChI=1S/C48H28N4/c1-3-15-36-34(13-1)35-14-2-4-16-37(35)45-44(36)39-17-5-6-19-43(39)52-46(45)32-11-7-10-30(27-32)41-23-21-31-26-29(20-22-42(31)51-41)40-28-33-12-8-24-49-47(33)48-38(40)18-9-25-50-48/h1-28H. The fourth-order valence-electron chi connectivity index (χ4n) is 8.13. The molecule has 7 aromatic carbocycles. The second-order valence-electron chi connectivity index (χ2n) is 13.4. The van der Waals surface area contributed by atoms with Crippen LogP contribution in [-0.4, -0.2) is 19.9 Å². The van der Waals surface area contributed by atoms with Gasteiger partial charge >= 0.3 is 0 Å². The smallest absolute Gasteiger partial charge is 0.0970 e. The molecule has 240 valence electrons. The molecule has 0 saturated heterocycles. The highest BCUT2D eigenvalue weighted by atomic mass is 14.7. The van der Waals surface area contributed by atoms with Crippen LogP contribution in [0.1, 0.15) is 0 Å². The topological polar surface area (TPSA) is 51.6 Å². The summed E-state index contributed by atoms with van der Waals surface area (Å²) in [4.78, 5) is 19.9. The summed E-state index contributed by atoms with van der Waals surface area (Å²) in [7, 11) is 0. The van der Waals surface area contributed by atoms with Gasteiger partial charge in [0.2, 0.25) is 0 Å². The Labute approximate surface area is 298 Å². The number of rotatable bonds is 3. The van der Waals surface area contributed by atoms with Gasteiger partial charge in [0, 0.05) is 55.8 Å². The highest BCUT2D eigenvalue weighted by Crippen LogP contribution is 2.43. The normalized spacial score (nSPS) is 11.8. The van der Waals surface area contributed by atoms with Crippen LogP contribution in [0.4, 0.5) is 0 Å². The van der Waals surface area contributed by atoms with Crippen molar-refractivity contribution in [3.8, 4) is 33.6 Å². The monoisotopic (exact) mass is 660 g/mol. The Morgan fingerprint density at radius 1 is 0.346 bits per heavy atom. The third-order valence-electron chi connectivity index (χ3n) is 10.5. The largest absolute Gasteiger partial charge is 0.254 e. The molecule has 0 spiro atoms. The van der Waals surface area contributed by atoms with Crippen LogP contribution in [-0.2, 0) is 0 Å². The van der Waals surface area contributed by atoms with E-state index in [9.17, 15) is 0 Å². The maximum Gasteiger partial charge on any atom is 0.0970 e. The van der Waals surface area contributed by atoms with E-state index in [0.29, 0.717) is 0 Å². The van der Waals surface area contributed by atoms with Crippen LogP contribution in [0, 0.1) is 0 Å². The molecule has 0 radical (unpaired) electrons. The molecule has 0 amide bonds. The van der Waals surface area contributed by atoms with Crippen LogP contribution in [0.25, 0.3) is 110 Å². The summed E-state index contributed by atoms with van der Waals surface area (Å²) in [6.07, 6.45) is 3.67. The minimum absolute atomic E-state index is 0.916. The molecule has 0 N–H and O–H groups in total. The number of hydrogen-bond donors (Lipinski definition) is 0. The summed E-state index contributed by atoms with van der Waals surface area (Å²) in [6.45, 7) is 0. The quantitative estimate of drug-likeness (QED) is 0.177. The fraction of sp³-hybridized carbons (Fsp3) is 0. The lowest BCUT2D eigenvalue weighted by Crippen LogP contribution is -1.93. The predicted molar refractivity (Wildman–Crippen MR) is 216 cm³/mol. The van der Waals surface area contributed by atoms with Gasteiger partial charge in [-0.05, 0) is 81.2 Å². The summed E-state index contributed by atoms with van der Waals surface area (Å²) in [5.74, 6) is 0. The number of fused-ring (bicyclic) bond motifs is 12. The van der Waals surface area contributed by atoms with E-state index >= 15 is 0 Å². The molecular formula is C48H28N4. The highest BCUT2D eigenvalue weighted by molar-refractivity contribution is 6.33. The third kappa shape index (κ3) is 4.34. The van der Waals surface area contributed by atoms with E-state index in [4.69, 9.17) is 15.0 Å². The SMILES string of the molecule is c1cc(-c2ccc3cc(-c4cc5cccnc5c5ncccc45)ccc3n2)cc(-c2nc3ccccc3c3c4ccccc4c4ccccc4c23)c1. The number of aromatic nitrogens is 4. The number of benzene rings is 7. The summed E-state index contributed by atoms with van der Waals surface area (Å²) in [5, 5.41) is 11.8. The average molecular weight is 661 g/mol.